The van der Waals surface area contributed by atoms with E-state index in [-0.39, 0.29) is 35.4 Å². The molecule has 3 N–H and O–H groups in total. The number of imidazole rings is 1. The molecule has 0 bridgehead atoms. The third-order valence-corrected chi connectivity index (χ3v) is 4.49. The highest BCUT2D eigenvalue weighted by atomic mass is 35.5. The number of nitrogen functional groups attached to an aromatic ring is 1. The van der Waals surface area contributed by atoms with Gasteiger partial charge in [0.1, 0.15) is 5.52 Å². The molecular formula is C14H18ClN5O2. The molecule has 2 unspecified atom stereocenters. The van der Waals surface area contributed by atoms with Crippen molar-refractivity contribution in [1.29, 1.82) is 0 Å². The Hall–Kier alpha value is -1.86. The van der Waals surface area contributed by atoms with Gasteiger partial charge in [0, 0.05) is 19.2 Å². The molecule has 1 aliphatic rings. The predicted molar refractivity (Wildman–Crippen MR) is 84.9 cm³/mol. The van der Waals surface area contributed by atoms with Crippen LogP contribution in [0.25, 0.3) is 11.2 Å². The van der Waals surface area contributed by atoms with E-state index in [1.54, 1.807) is 10.6 Å². The number of halogens is 1. The summed E-state index contributed by atoms with van der Waals surface area (Å²) in [6.07, 6.45) is 4.07. The average Bonchev–Trinajstić information content (AvgIpc) is 3.03. The molecule has 22 heavy (non-hydrogen) atoms. The Labute approximate surface area is 132 Å². The number of aliphatic hydroxyl groups excluding tert-OH is 1. The number of nitrogens with zero attached hydrogens (tertiary/aromatic N) is 4. The molecule has 0 aromatic carbocycles. The van der Waals surface area contributed by atoms with E-state index in [2.05, 4.69) is 16.5 Å². The fraction of sp³-hybridized carbons (Fsp3) is 0.500. The molecule has 1 aliphatic carbocycles. The van der Waals surface area contributed by atoms with Crippen molar-refractivity contribution in [2.45, 2.75) is 31.8 Å². The topological polar surface area (TPSA) is 99.0 Å². The summed E-state index contributed by atoms with van der Waals surface area (Å²) in [6.45, 7) is 4.13. The lowest BCUT2D eigenvalue weighted by atomic mass is 10.1. The number of allylic oxidation sites excluding steroid dienone is 1. The summed E-state index contributed by atoms with van der Waals surface area (Å²) in [5.74, 6) is 0.253. The summed E-state index contributed by atoms with van der Waals surface area (Å²) >= 11 is 6.17. The molecule has 0 aliphatic heterocycles. The van der Waals surface area contributed by atoms with Gasteiger partial charge in [-0.05, 0) is 25.2 Å². The lowest BCUT2D eigenvalue weighted by Gasteiger charge is -2.11. The van der Waals surface area contributed by atoms with Gasteiger partial charge in [0.2, 0.25) is 5.95 Å². The van der Waals surface area contributed by atoms with E-state index in [1.165, 1.54) is 4.57 Å². The molecule has 3 rings (SSSR count). The molecule has 2 atom stereocenters. The quantitative estimate of drug-likeness (QED) is 0.653. The molecule has 2 aromatic rings. The highest BCUT2D eigenvalue weighted by molar-refractivity contribution is 6.33. The van der Waals surface area contributed by atoms with Crippen molar-refractivity contribution >= 4 is 28.7 Å². The summed E-state index contributed by atoms with van der Waals surface area (Å²) in [7, 11) is 0. The number of hydrogen-bond donors (Lipinski definition) is 2. The molecule has 8 heteroatoms. The Morgan fingerprint density at radius 3 is 2.86 bits per heavy atom. The molecule has 0 amide bonds. The van der Waals surface area contributed by atoms with Crippen molar-refractivity contribution in [3.05, 3.63) is 28.3 Å². The first-order chi connectivity index (χ1) is 10.6. The van der Waals surface area contributed by atoms with E-state index in [9.17, 15) is 9.90 Å². The van der Waals surface area contributed by atoms with Crippen molar-refractivity contribution in [3.8, 4) is 0 Å². The Morgan fingerprint density at radius 1 is 1.45 bits per heavy atom. The van der Waals surface area contributed by atoms with Crippen LogP contribution in [0, 0.1) is 5.92 Å². The van der Waals surface area contributed by atoms with Crippen LogP contribution in [-0.4, -0.2) is 30.8 Å². The molecule has 118 valence electrons. The van der Waals surface area contributed by atoms with Gasteiger partial charge < -0.3 is 10.8 Å². The monoisotopic (exact) mass is 323 g/mol. The van der Waals surface area contributed by atoms with Crippen molar-refractivity contribution in [3.63, 3.8) is 0 Å². The van der Waals surface area contributed by atoms with E-state index in [0.29, 0.717) is 17.7 Å². The smallest absolute Gasteiger partial charge is 0.330 e. The maximum atomic E-state index is 12.8. The largest absolute Gasteiger partial charge is 0.396 e. The average molecular weight is 324 g/mol. The Morgan fingerprint density at radius 2 is 2.23 bits per heavy atom. The van der Waals surface area contributed by atoms with Crippen molar-refractivity contribution in [1.82, 2.24) is 19.1 Å². The Bertz CT molecular complexity index is 782. The molecule has 2 heterocycles. The first kappa shape index (κ1) is 15.1. The van der Waals surface area contributed by atoms with Crippen LogP contribution in [0.4, 0.5) is 5.95 Å². The highest BCUT2D eigenvalue weighted by Gasteiger charge is 2.30. The van der Waals surface area contributed by atoms with Gasteiger partial charge in [-0.3, -0.25) is 9.13 Å². The summed E-state index contributed by atoms with van der Waals surface area (Å²) in [4.78, 5) is 20.9. The maximum absolute atomic E-state index is 12.8. The van der Waals surface area contributed by atoms with Gasteiger partial charge in [0.25, 0.3) is 0 Å². The molecule has 7 nitrogen and oxygen atoms in total. The second-order valence-electron chi connectivity index (χ2n) is 5.61. The molecular weight excluding hydrogens is 306 g/mol. The van der Waals surface area contributed by atoms with E-state index in [0.717, 1.165) is 19.3 Å². The maximum Gasteiger partial charge on any atom is 0.330 e. The van der Waals surface area contributed by atoms with Gasteiger partial charge >= 0.3 is 5.69 Å². The van der Waals surface area contributed by atoms with E-state index in [1.807, 2.05) is 0 Å². The van der Waals surface area contributed by atoms with Gasteiger partial charge in [0.05, 0.1) is 0 Å². The first-order valence-corrected chi connectivity index (χ1v) is 7.60. The van der Waals surface area contributed by atoms with Crippen molar-refractivity contribution in [2.24, 2.45) is 5.92 Å². The van der Waals surface area contributed by atoms with Gasteiger partial charge in [-0.25, -0.2) is 4.79 Å². The first-order valence-electron chi connectivity index (χ1n) is 7.22. The molecule has 0 radical (unpaired) electrons. The molecule has 1 saturated carbocycles. The number of rotatable bonds is 4. The van der Waals surface area contributed by atoms with Crippen molar-refractivity contribution < 1.29 is 5.11 Å². The number of aliphatic hydroxyl groups is 1. The van der Waals surface area contributed by atoms with Crippen LogP contribution in [0.15, 0.2) is 17.4 Å². The number of nitrogens with two attached hydrogens (primary N) is 1. The summed E-state index contributed by atoms with van der Waals surface area (Å²) in [6, 6.07) is -0.0106. The third-order valence-electron chi connectivity index (χ3n) is 4.22. The van der Waals surface area contributed by atoms with E-state index < -0.39 is 0 Å². The number of aromatic nitrogens is 4. The molecule has 2 aromatic heterocycles. The van der Waals surface area contributed by atoms with Gasteiger partial charge in [0.15, 0.2) is 10.8 Å². The second kappa shape index (κ2) is 5.73. The van der Waals surface area contributed by atoms with Crippen molar-refractivity contribution in [2.75, 3.05) is 12.3 Å². The minimum atomic E-state index is -0.194. The van der Waals surface area contributed by atoms with Crippen LogP contribution in [0.2, 0.25) is 5.15 Å². The number of anilines is 1. The zero-order chi connectivity index (χ0) is 15.9. The van der Waals surface area contributed by atoms with Crippen LogP contribution in [0.1, 0.15) is 25.3 Å². The van der Waals surface area contributed by atoms with Gasteiger partial charge in [-0.1, -0.05) is 17.7 Å². The number of fused-ring (bicyclic) bond motifs is 1. The lowest BCUT2D eigenvalue weighted by molar-refractivity contribution is 0.226. The zero-order valence-electron chi connectivity index (χ0n) is 12.1. The normalized spacial score (nSPS) is 21.5. The molecule has 1 fully saturated rings. The van der Waals surface area contributed by atoms with Gasteiger partial charge in [-0.15, -0.1) is 6.58 Å². The van der Waals surface area contributed by atoms with E-state index in [4.69, 9.17) is 17.3 Å². The molecule has 0 spiro atoms. The lowest BCUT2D eigenvalue weighted by Crippen LogP contribution is -2.26. The summed E-state index contributed by atoms with van der Waals surface area (Å²) in [5.41, 5.74) is 6.43. The Kier molecular flexibility index (Phi) is 3.92. The zero-order valence-corrected chi connectivity index (χ0v) is 12.8. The van der Waals surface area contributed by atoms with Crippen LogP contribution in [-0.2, 0) is 6.54 Å². The minimum absolute atomic E-state index is 0.0106. The fourth-order valence-electron chi connectivity index (χ4n) is 3.23. The fourth-order valence-corrected chi connectivity index (χ4v) is 3.50. The summed E-state index contributed by atoms with van der Waals surface area (Å²) in [5, 5.41) is 9.48. The van der Waals surface area contributed by atoms with E-state index >= 15 is 0 Å². The SMILES string of the molecule is C=CCn1c(=O)n(C2CCC(CO)C2)c2nc(N)nc(Cl)c21. The third kappa shape index (κ3) is 2.30. The van der Waals surface area contributed by atoms with Crippen LogP contribution in [0.5, 0.6) is 0 Å². The van der Waals surface area contributed by atoms with Gasteiger partial charge in [-0.2, -0.15) is 9.97 Å². The van der Waals surface area contributed by atoms with Crippen LogP contribution >= 0.6 is 11.6 Å². The second-order valence-corrected chi connectivity index (χ2v) is 5.97. The van der Waals surface area contributed by atoms with Crippen LogP contribution < -0.4 is 11.4 Å². The van der Waals surface area contributed by atoms with Crippen LogP contribution in [0.3, 0.4) is 0 Å². The number of hydrogen-bond acceptors (Lipinski definition) is 5. The Balaban J connectivity index is 2.23. The minimum Gasteiger partial charge on any atom is -0.396 e. The summed E-state index contributed by atoms with van der Waals surface area (Å²) < 4.78 is 3.15. The standard InChI is InChI=1S/C14H18ClN5O2/c1-2-5-19-10-11(15)17-13(16)18-12(10)20(14(19)22)9-4-3-8(6-9)7-21/h2,8-9,21H,1,3-7H2,(H2,16,17,18). The highest BCUT2D eigenvalue weighted by Crippen LogP contribution is 2.35. The predicted octanol–water partition coefficient (Wildman–Crippen LogP) is 1.35. The molecule has 0 saturated heterocycles.